The molecule has 0 amide bonds. The Kier molecular flexibility index (Phi) is 9.71. The molecule has 16 heteroatoms. The quantitative estimate of drug-likeness (QED) is 0.140. The van der Waals surface area contributed by atoms with Crippen molar-refractivity contribution in [1.82, 2.24) is 0 Å². The summed E-state index contributed by atoms with van der Waals surface area (Å²) in [5.74, 6) is -0.891. The Morgan fingerprint density at radius 1 is 1.05 bits per heavy atom. The second-order valence-electron chi connectivity index (χ2n) is 8.26. The molecule has 3 aromatic heterocycles. The number of hydrogen-bond acceptors (Lipinski definition) is 11. The predicted octanol–water partition coefficient (Wildman–Crippen LogP) is 5.90. The maximum absolute atomic E-state index is 11.1. The molecular weight excluding hydrogens is 652 g/mol. The third kappa shape index (κ3) is 7.62. The lowest BCUT2D eigenvalue weighted by Gasteiger charge is -2.20. The third-order valence-electron chi connectivity index (χ3n) is 5.37. The summed E-state index contributed by atoms with van der Waals surface area (Å²) in [6, 6.07) is 0. The van der Waals surface area contributed by atoms with Gasteiger partial charge in [-0.3, -0.25) is 0 Å². The molecular formula is C22H21Cl2N2O6S6-. The van der Waals surface area contributed by atoms with Gasteiger partial charge in [-0.1, -0.05) is 64.0 Å². The van der Waals surface area contributed by atoms with Crippen LogP contribution in [0.3, 0.4) is 0 Å². The Bertz CT molecular complexity index is 1650. The van der Waals surface area contributed by atoms with Crippen molar-refractivity contribution < 1.29 is 30.5 Å². The number of thioether (sulfide) groups is 1. The van der Waals surface area contributed by atoms with Crippen LogP contribution >= 0.6 is 69.0 Å². The summed E-state index contributed by atoms with van der Waals surface area (Å²) in [5, 5.41) is 6.58. The molecule has 0 spiro atoms. The fourth-order valence-corrected chi connectivity index (χ4v) is 9.94. The topological polar surface area (TPSA) is 122 Å². The van der Waals surface area contributed by atoms with Crippen molar-refractivity contribution in [3.05, 3.63) is 54.6 Å². The van der Waals surface area contributed by atoms with Gasteiger partial charge in [0.05, 0.1) is 40.2 Å². The molecule has 0 atom stereocenters. The zero-order chi connectivity index (χ0) is 27.7. The first-order valence-electron chi connectivity index (χ1n) is 11.1. The molecule has 0 saturated heterocycles. The Labute approximate surface area is 247 Å². The van der Waals surface area contributed by atoms with E-state index in [1.54, 1.807) is 0 Å². The minimum Gasteiger partial charge on any atom is -0.748 e. The summed E-state index contributed by atoms with van der Waals surface area (Å²) < 4.78 is 70.3. The number of aromatic nitrogens is 1. The molecule has 3 aromatic rings. The maximum Gasteiger partial charge on any atom is 0.263 e. The van der Waals surface area contributed by atoms with Crippen molar-refractivity contribution in [3.8, 4) is 0 Å². The lowest BCUT2D eigenvalue weighted by Crippen LogP contribution is -2.36. The van der Waals surface area contributed by atoms with E-state index in [4.69, 9.17) is 23.2 Å². The van der Waals surface area contributed by atoms with Crippen LogP contribution in [0.15, 0.2) is 43.8 Å². The van der Waals surface area contributed by atoms with Crippen LogP contribution in [0.5, 0.6) is 0 Å². The fraction of sp³-hybridized carbons (Fsp3) is 0.318. The highest BCUT2D eigenvalue weighted by molar-refractivity contribution is 8.05. The number of allylic oxidation sites excluding steroid dienone is 4. The van der Waals surface area contributed by atoms with Gasteiger partial charge in [0.2, 0.25) is 0 Å². The minimum absolute atomic E-state index is 0.184. The van der Waals surface area contributed by atoms with E-state index in [9.17, 15) is 25.9 Å². The van der Waals surface area contributed by atoms with Gasteiger partial charge in [-0.2, -0.15) is 4.57 Å². The molecule has 4 heterocycles. The predicted molar refractivity (Wildman–Crippen MR) is 157 cm³/mol. The van der Waals surface area contributed by atoms with Crippen molar-refractivity contribution in [2.75, 3.05) is 23.0 Å². The van der Waals surface area contributed by atoms with E-state index < -0.39 is 31.7 Å². The number of fused-ring (bicyclic) bond motifs is 2. The van der Waals surface area contributed by atoms with E-state index in [1.165, 1.54) is 45.8 Å². The van der Waals surface area contributed by atoms with Gasteiger partial charge in [-0.25, -0.2) is 16.8 Å². The van der Waals surface area contributed by atoms with E-state index in [0.717, 1.165) is 35.0 Å². The second-order valence-corrected chi connectivity index (χ2v) is 16.5. The molecule has 0 radical (unpaired) electrons. The highest BCUT2D eigenvalue weighted by atomic mass is 35.5. The number of nitrogens with zero attached hydrogens (tertiary/aromatic N) is 2. The lowest BCUT2D eigenvalue weighted by atomic mass is 10.2. The highest BCUT2D eigenvalue weighted by Gasteiger charge is 2.29. The summed E-state index contributed by atoms with van der Waals surface area (Å²) in [7, 11) is -8.60. The van der Waals surface area contributed by atoms with Crippen LogP contribution < -0.4 is 9.47 Å². The number of anilines is 1. The molecule has 0 fully saturated rings. The van der Waals surface area contributed by atoms with Gasteiger partial charge < -0.3 is 14.0 Å². The summed E-state index contributed by atoms with van der Waals surface area (Å²) >= 11 is 18.8. The molecule has 0 saturated carbocycles. The average Bonchev–Trinajstić information content (AvgIpc) is 3.54. The van der Waals surface area contributed by atoms with Crippen LogP contribution in [0.4, 0.5) is 5.69 Å². The summed E-state index contributed by atoms with van der Waals surface area (Å²) in [5.41, 5.74) is 2.59. The van der Waals surface area contributed by atoms with Crippen LogP contribution in [0, 0.1) is 0 Å². The van der Waals surface area contributed by atoms with Gasteiger partial charge >= 0.3 is 0 Å². The van der Waals surface area contributed by atoms with Crippen LogP contribution in [0.25, 0.3) is 15.6 Å². The van der Waals surface area contributed by atoms with Crippen molar-refractivity contribution in [1.29, 1.82) is 0 Å². The van der Waals surface area contributed by atoms with Crippen LogP contribution in [-0.4, -0.2) is 44.0 Å². The largest absolute Gasteiger partial charge is 0.748 e. The van der Waals surface area contributed by atoms with Gasteiger partial charge in [-0.15, -0.1) is 22.7 Å². The standard InChI is InChI=1S/C22H22Cl2N2O6S6/c1-14(4-6-17-25(8-2-10-37(27,28)29)19-15(23)12-33-21(19)35-17)5-7-18-26(9-3-11-38(30,31)32)20-16(24)13-34-22(20)36-18/h4-7,12-13H,2-3,8-11H2,1H3,(H-,27,28,29,30,31,32)/p-1. The molecule has 0 N–H and O–H groups in total. The molecule has 1 aliphatic rings. The second kappa shape index (κ2) is 12.3. The smallest absolute Gasteiger partial charge is 0.263 e. The first-order chi connectivity index (χ1) is 17.8. The first kappa shape index (κ1) is 30.0. The van der Waals surface area contributed by atoms with Crippen LogP contribution in [0.2, 0.25) is 10.0 Å². The SMILES string of the molecule is CC(C=Cc1sc2scc(Cl)c2[n+]1CCCS(=O)(=O)[O-])=CC=C1Sc2scc(Cl)c2N1CCCS(=O)(=O)[O-]. The monoisotopic (exact) mass is 671 g/mol. The number of thiophene rings is 2. The Balaban J connectivity index is 1.54. The molecule has 0 bridgehead atoms. The zero-order valence-electron chi connectivity index (χ0n) is 19.8. The first-order valence-corrected chi connectivity index (χ1v) is 18.4. The highest BCUT2D eigenvalue weighted by Crippen LogP contribution is 2.53. The molecule has 1 aliphatic heterocycles. The third-order valence-corrected chi connectivity index (χ3v) is 12.3. The number of thiazole rings is 1. The van der Waals surface area contributed by atoms with Gasteiger partial charge in [0, 0.05) is 41.3 Å². The fourth-order valence-electron chi connectivity index (χ4n) is 3.72. The van der Waals surface area contributed by atoms with Crippen LogP contribution in [-0.2, 0) is 26.8 Å². The number of rotatable bonds is 11. The maximum atomic E-state index is 11.1. The molecule has 0 unspecified atom stereocenters. The minimum atomic E-state index is -4.30. The molecule has 4 rings (SSSR count). The van der Waals surface area contributed by atoms with Crippen molar-refractivity contribution >= 4 is 111 Å². The molecule has 0 aliphatic carbocycles. The Morgan fingerprint density at radius 3 is 2.45 bits per heavy atom. The molecule has 38 heavy (non-hydrogen) atoms. The van der Waals surface area contributed by atoms with Gasteiger partial charge in [0.1, 0.15) is 5.02 Å². The van der Waals surface area contributed by atoms with E-state index in [-0.39, 0.29) is 12.8 Å². The van der Waals surface area contributed by atoms with Crippen molar-refractivity contribution in [3.63, 3.8) is 0 Å². The van der Waals surface area contributed by atoms with E-state index in [2.05, 4.69) is 0 Å². The molecule has 0 aromatic carbocycles. The Morgan fingerprint density at radius 2 is 1.74 bits per heavy atom. The van der Waals surface area contributed by atoms with E-state index in [1.807, 2.05) is 51.5 Å². The summed E-state index contributed by atoms with van der Waals surface area (Å²) in [6.45, 7) is 2.62. The Hall–Kier alpha value is -0.940. The van der Waals surface area contributed by atoms with Gasteiger partial charge in [-0.05, 0) is 19.4 Å². The number of hydrogen-bond donors (Lipinski definition) is 0. The van der Waals surface area contributed by atoms with E-state index in [0.29, 0.717) is 23.1 Å². The lowest BCUT2D eigenvalue weighted by molar-refractivity contribution is -0.668. The number of aryl methyl sites for hydroxylation is 1. The average molecular weight is 673 g/mol. The molecule has 206 valence electrons. The van der Waals surface area contributed by atoms with E-state index >= 15 is 0 Å². The van der Waals surface area contributed by atoms with Crippen molar-refractivity contribution in [2.45, 2.75) is 30.5 Å². The summed E-state index contributed by atoms with van der Waals surface area (Å²) in [4.78, 5) is 1.94. The summed E-state index contributed by atoms with van der Waals surface area (Å²) in [6.07, 6.45) is 8.08. The zero-order valence-corrected chi connectivity index (χ0v) is 26.2. The van der Waals surface area contributed by atoms with Crippen LogP contribution in [0.1, 0.15) is 24.8 Å². The van der Waals surface area contributed by atoms with Gasteiger partial charge in [0.25, 0.3) is 10.5 Å². The van der Waals surface area contributed by atoms with Crippen molar-refractivity contribution in [2.24, 2.45) is 0 Å². The molecule has 8 nitrogen and oxygen atoms in total. The van der Waals surface area contributed by atoms with Gasteiger partial charge in [0.15, 0.2) is 10.6 Å². The number of halogens is 2. The normalized spacial score (nSPS) is 16.0.